The highest BCUT2D eigenvalue weighted by Crippen LogP contribution is 2.50. The average molecular weight is 413 g/mol. The third kappa shape index (κ3) is 3.56. The van der Waals surface area contributed by atoms with E-state index in [0.717, 1.165) is 23.7 Å². The quantitative estimate of drug-likeness (QED) is 0.750. The third-order valence-electron chi connectivity index (χ3n) is 8.93. The number of hydrogen-bond acceptors (Lipinski definition) is 3. The molecule has 6 heteroatoms. The molecule has 30 heavy (non-hydrogen) atoms. The van der Waals surface area contributed by atoms with Gasteiger partial charge >= 0.3 is 0 Å². The first-order valence-corrected chi connectivity index (χ1v) is 12.0. The van der Waals surface area contributed by atoms with E-state index in [1.165, 1.54) is 51.4 Å². The molecule has 0 radical (unpaired) electrons. The summed E-state index contributed by atoms with van der Waals surface area (Å²) < 4.78 is 1.54. The predicted molar refractivity (Wildman–Crippen MR) is 115 cm³/mol. The molecule has 0 unspecified atom stereocenters. The highest BCUT2D eigenvalue weighted by Gasteiger charge is 2.43. The van der Waals surface area contributed by atoms with Crippen molar-refractivity contribution >= 4 is 11.8 Å². The first-order valence-electron chi connectivity index (χ1n) is 12.0. The number of aryl methyl sites for hydroxylation is 1. The molecule has 1 heterocycles. The zero-order valence-electron chi connectivity index (χ0n) is 18.6. The van der Waals surface area contributed by atoms with Crippen molar-refractivity contribution in [3.05, 3.63) is 17.5 Å². The van der Waals surface area contributed by atoms with Crippen molar-refractivity contribution in [2.24, 2.45) is 42.6 Å². The molecule has 1 aromatic heterocycles. The molecular weight excluding hydrogens is 376 g/mol. The minimum absolute atomic E-state index is 0.125. The molecule has 2 amide bonds. The Bertz CT molecular complexity index is 833. The van der Waals surface area contributed by atoms with Gasteiger partial charge in [0.2, 0.25) is 0 Å². The second-order valence-corrected chi connectivity index (χ2v) is 10.7. The van der Waals surface area contributed by atoms with Crippen molar-refractivity contribution in [3.8, 4) is 0 Å². The Hall–Kier alpha value is -1.85. The van der Waals surface area contributed by atoms with Crippen LogP contribution in [0, 0.1) is 35.5 Å². The molecule has 164 valence electrons. The summed E-state index contributed by atoms with van der Waals surface area (Å²) in [6.07, 6.45) is 10.5. The van der Waals surface area contributed by atoms with E-state index in [2.05, 4.69) is 29.6 Å². The number of fused-ring (bicyclic) bond motifs is 4. The van der Waals surface area contributed by atoms with Gasteiger partial charge < -0.3 is 10.6 Å². The largest absolute Gasteiger partial charge is 0.348 e. The Morgan fingerprint density at radius 1 is 0.900 bits per heavy atom. The number of aromatic nitrogens is 2. The smallest absolute Gasteiger partial charge is 0.272 e. The lowest BCUT2D eigenvalue weighted by Gasteiger charge is -2.28. The lowest BCUT2D eigenvalue weighted by Crippen LogP contribution is -2.40. The third-order valence-corrected chi connectivity index (χ3v) is 8.93. The van der Waals surface area contributed by atoms with E-state index >= 15 is 0 Å². The summed E-state index contributed by atoms with van der Waals surface area (Å²) in [6.45, 7) is 4.25. The van der Waals surface area contributed by atoms with Crippen LogP contribution in [-0.2, 0) is 7.05 Å². The summed E-state index contributed by atoms with van der Waals surface area (Å²) in [5, 5.41) is 10.7. The minimum atomic E-state index is -0.166. The molecule has 5 rings (SSSR count). The molecule has 0 aliphatic heterocycles. The number of nitrogens with one attached hydrogen (secondary N) is 2. The number of rotatable bonds is 6. The summed E-state index contributed by atoms with van der Waals surface area (Å²) in [7, 11) is 1.74. The first-order chi connectivity index (χ1) is 14.4. The van der Waals surface area contributed by atoms with E-state index in [0.29, 0.717) is 23.2 Å². The Labute approximate surface area is 179 Å². The average Bonchev–Trinajstić information content (AvgIpc) is 3.53. The van der Waals surface area contributed by atoms with Crippen molar-refractivity contribution < 1.29 is 9.59 Å². The second kappa shape index (κ2) is 7.69. The maximum Gasteiger partial charge on any atom is 0.272 e. The fraction of sp³-hybridized carbons (Fsp3) is 0.792. The zero-order valence-corrected chi connectivity index (χ0v) is 18.6. The van der Waals surface area contributed by atoms with Gasteiger partial charge in [0.05, 0.1) is 0 Å². The molecule has 4 aliphatic carbocycles. The van der Waals surface area contributed by atoms with Gasteiger partial charge in [-0.2, -0.15) is 5.10 Å². The van der Waals surface area contributed by atoms with Gasteiger partial charge in [0, 0.05) is 25.2 Å². The van der Waals surface area contributed by atoms with Crippen molar-refractivity contribution in [2.45, 2.75) is 77.3 Å². The van der Waals surface area contributed by atoms with Crippen molar-refractivity contribution in [3.63, 3.8) is 0 Å². The Balaban J connectivity index is 1.19. The number of hydrogen-bond donors (Lipinski definition) is 2. The molecular formula is C24H36N4O2. The van der Waals surface area contributed by atoms with Gasteiger partial charge in [-0.15, -0.1) is 0 Å². The number of amides is 2. The van der Waals surface area contributed by atoms with Crippen molar-refractivity contribution in [1.82, 2.24) is 20.4 Å². The standard InChI is InChI=1S/C24H36N4O2/c1-13(19-10-15-4-6-17(19)8-15)25-23(29)21-12-22(28(3)27-21)24(30)26-14(2)20-11-16-5-7-18(20)9-16/h12-20H,4-11H2,1-3H3,(H,25,29)(H,26,30)/t13-,14+,15-,16-,17-,18-,19-,20+/m1/s1. The summed E-state index contributed by atoms with van der Waals surface area (Å²) in [5.74, 6) is 4.15. The van der Waals surface area contributed by atoms with Gasteiger partial charge in [-0.1, -0.05) is 12.8 Å². The van der Waals surface area contributed by atoms with E-state index in [4.69, 9.17) is 0 Å². The van der Waals surface area contributed by atoms with Crippen LogP contribution in [0.15, 0.2) is 6.07 Å². The highest BCUT2D eigenvalue weighted by molar-refractivity contribution is 5.98. The first kappa shape index (κ1) is 20.1. The van der Waals surface area contributed by atoms with Gasteiger partial charge in [-0.25, -0.2) is 0 Å². The number of nitrogens with zero attached hydrogens (tertiary/aromatic N) is 2. The van der Waals surface area contributed by atoms with E-state index in [1.807, 2.05) is 0 Å². The van der Waals surface area contributed by atoms with Crippen LogP contribution in [0.25, 0.3) is 0 Å². The van der Waals surface area contributed by atoms with Crippen LogP contribution in [0.4, 0.5) is 0 Å². The predicted octanol–water partition coefficient (Wildman–Crippen LogP) is 3.53. The molecule has 4 aliphatic rings. The molecule has 2 N–H and O–H groups in total. The van der Waals surface area contributed by atoms with E-state index in [9.17, 15) is 9.59 Å². The lowest BCUT2D eigenvalue weighted by molar-refractivity contribution is 0.0899. The van der Waals surface area contributed by atoms with Crippen LogP contribution in [0.5, 0.6) is 0 Å². The second-order valence-electron chi connectivity index (χ2n) is 10.7. The molecule has 0 aromatic carbocycles. The molecule has 0 spiro atoms. The summed E-state index contributed by atoms with van der Waals surface area (Å²) >= 11 is 0. The number of carbonyl (C=O) groups excluding carboxylic acids is 2. The maximum absolute atomic E-state index is 12.9. The van der Waals surface area contributed by atoms with Crippen LogP contribution < -0.4 is 10.6 Å². The molecule has 0 saturated heterocycles. The molecule has 1 aromatic rings. The van der Waals surface area contributed by atoms with Gasteiger partial charge in [0.15, 0.2) is 5.69 Å². The maximum atomic E-state index is 12.9. The van der Waals surface area contributed by atoms with Gasteiger partial charge in [0.1, 0.15) is 5.69 Å². The molecule has 4 saturated carbocycles. The highest BCUT2D eigenvalue weighted by atomic mass is 16.2. The van der Waals surface area contributed by atoms with Gasteiger partial charge in [-0.05, 0) is 87.9 Å². The van der Waals surface area contributed by atoms with E-state index < -0.39 is 0 Å². The van der Waals surface area contributed by atoms with Crippen LogP contribution in [-0.4, -0.2) is 33.7 Å². The van der Waals surface area contributed by atoms with Crippen molar-refractivity contribution in [2.75, 3.05) is 0 Å². The fourth-order valence-electron chi connectivity index (χ4n) is 7.38. The summed E-state index contributed by atoms with van der Waals surface area (Å²) in [6, 6.07) is 1.97. The Kier molecular flexibility index (Phi) is 5.14. The Morgan fingerprint density at radius 2 is 1.43 bits per heavy atom. The summed E-state index contributed by atoms with van der Waals surface area (Å²) in [4.78, 5) is 25.7. The van der Waals surface area contributed by atoms with Crippen LogP contribution in [0.2, 0.25) is 0 Å². The fourth-order valence-corrected chi connectivity index (χ4v) is 7.38. The molecule has 4 fully saturated rings. The van der Waals surface area contributed by atoms with Crippen LogP contribution in [0.1, 0.15) is 86.2 Å². The van der Waals surface area contributed by atoms with Crippen LogP contribution >= 0.6 is 0 Å². The van der Waals surface area contributed by atoms with E-state index in [1.54, 1.807) is 17.8 Å². The lowest BCUT2D eigenvalue weighted by atomic mass is 9.84. The number of carbonyl (C=O) groups is 2. The van der Waals surface area contributed by atoms with E-state index in [-0.39, 0.29) is 23.9 Å². The van der Waals surface area contributed by atoms with Crippen LogP contribution in [0.3, 0.4) is 0 Å². The van der Waals surface area contributed by atoms with Gasteiger partial charge in [-0.3, -0.25) is 14.3 Å². The Morgan fingerprint density at radius 3 is 1.90 bits per heavy atom. The molecule has 4 bridgehead atoms. The topological polar surface area (TPSA) is 76.0 Å². The minimum Gasteiger partial charge on any atom is -0.348 e. The normalized spacial score (nSPS) is 36.1. The van der Waals surface area contributed by atoms with Crippen molar-refractivity contribution in [1.29, 1.82) is 0 Å². The monoisotopic (exact) mass is 412 g/mol. The molecule has 8 atom stereocenters. The summed E-state index contributed by atoms with van der Waals surface area (Å²) in [5.41, 5.74) is 0.799. The van der Waals surface area contributed by atoms with Gasteiger partial charge in [0.25, 0.3) is 11.8 Å². The SMILES string of the molecule is C[C@H](NC(=O)c1cc(C(=O)N[C@H](C)[C@H]2C[C@@H]3CC[C@@H]2C3)nn1C)[C@@H]1C[C@@H]2CC[C@@H]1C2. The zero-order chi connectivity index (χ0) is 21.0. The molecule has 6 nitrogen and oxygen atoms in total.